The lowest BCUT2D eigenvalue weighted by atomic mass is 9.97. The van der Waals surface area contributed by atoms with E-state index in [1.165, 1.54) is 11.1 Å². The number of benzene rings is 1. The van der Waals surface area contributed by atoms with Crippen LogP contribution in [0.3, 0.4) is 0 Å². The van der Waals surface area contributed by atoms with Gasteiger partial charge in [0.2, 0.25) is 5.88 Å². The molecule has 0 unspecified atom stereocenters. The van der Waals surface area contributed by atoms with Crippen LogP contribution in [0.5, 0.6) is 0 Å². The summed E-state index contributed by atoms with van der Waals surface area (Å²) in [5.41, 5.74) is 11.3. The maximum atomic E-state index is 5.87. The molecular weight excluding hydrogens is 224 g/mol. The molecule has 2 aromatic rings. The lowest BCUT2D eigenvalue weighted by molar-refractivity contribution is 0.438. The second kappa shape index (κ2) is 4.84. The minimum absolute atomic E-state index is 0.442. The van der Waals surface area contributed by atoms with Gasteiger partial charge in [-0.3, -0.25) is 0 Å². The molecule has 0 fully saturated rings. The van der Waals surface area contributed by atoms with Crippen LogP contribution in [0.4, 0.5) is 5.88 Å². The van der Waals surface area contributed by atoms with Crippen LogP contribution >= 0.6 is 0 Å². The summed E-state index contributed by atoms with van der Waals surface area (Å²) in [5, 5.41) is 4.12. The number of hydrogen-bond donors (Lipinski definition) is 1. The molecule has 0 aliphatic heterocycles. The first-order valence-electron chi connectivity index (χ1n) is 6.30. The van der Waals surface area contributed by atoms with E-state index in [0.29, 0.717) is 11.8 Å². The van der Waals surface area contributed by atoms with Gasteiger partial charge in [0.25, 0.3) is 0 Å². The number of anilines is 1. The molecule has 0 bridgehead atoms. The van der Waals surface area contributed by atoms with E-state index in [2.05, 4.69) is 51.1 Å². The van der Waals surface area contributed by atoms with Crippen molar-refractivity contribution in [2.24, 2.45) is 5.92 Å². The Hall–Kier alpha value is -1.77. The zero-order chi connectivity index (χ0) is 13.3. The third-order valence-electron chi connectivity index (χ3n) is 2.93. The molecule has 1 heterocycles. The first kappa shape index (κ1) is 12.7. The third kappa shape index (κ3) is 2.55. The van der Waals surface area contributed by atoms with Crippen molar-refractivity contribution in [3.63, 3.8) is 0 Å². The second-order valence-electron chi connectivity index (χ2n) is 5.35. The van der Waals surface area contributed by atoms with Gasteiger partial charge in [0.05, 0.1) is 0 Å². The molecule has 0 saturated carbocycles. The number of aromatic nitrogens is 1. The number of aryl methyl sites for hydroxylation is 2. The van der Waals surface area contributed by atoms with Crippen molar-refractivity contribution in [2.45, 2.75) is 34.1 Å². The molecule has 0 atom stereocenters. The van der Waals surface area contributed by atoms with Crippen molar-refractivity contribution in [3.8, 4) is 11.3 Å². The molecule has 0 aliphatic carbocycles. The Morgan fingerprint density at radius 2 is 1.78 bits per heavy atom. The van der Waals surface area contributed by atoms with Gasteiger partial charge in [0, 0.05) is 11.1 Å². The van der Waals surface area contributed by atoms with Crippen LogP contribution in [0.25, 0.3) is 11.3 Å². The Kier molecular flexibility index (Phi) is 3.41. The summed E-state index contributed by atoms with van der Waals surface area (Å²) in [6.45, 7) is 8.50. The molecule has 1 aromatic heterocycles. The van der Waals surface area contributed by atoms with E-state index < -0.39 is 0 Å². The standard InChI is InChI=1S/C15H20N2O/c1-9(2)5-13-14(17-18-15(13)16)12-7-10(3)6-11(4)8-12/h6-9H,5,16H2,1-4H3. The van der Waals surface area contributed by atoms with Crippen molar-refractivity contribution in [3.05, 3.63) is 34.9 Å². The normalized spacial score (nSPS) is 11.2. The van der Waals surface area contributed by atoms with Gasteiger partial charge in [-0.15, -0.1) is 0 Å². The zero-order valence-electron chi connectivity index (χ0n) is 11.4. The summed E-state index contributed by atoms with van der Waals surface area (Å²) in [7, 11) is 0. The molecule has 3 nitrogen and oxygen atoms in total. The van der Waals surface area contributed by atoms with Crippen LogP contribution in [0.15, 0.2) is 22.7 Å². The zero-order valence-corrected chi connectivity index (χ0v) is 11.4. The number of rotatable bonds is 3. The van der Waals surface area contributed by atoms with Crippen LogP contribution in [-0.4, -0.2) is 5.16 Å². The topological polar surface area (TPSA) is 52.0 Å². The smallest absolute Gasteiger partial charge is 0.225 e. The molecular formula is C15H20N2O. The maximum Gasteiger partial charge on any atom is 0.225 e. The highest BCUT2D eigenvalue weighted by Crippen LogP contribution is 2.30. The summed E-state index contributed by atoms with van der Waals surface area (Å²) in [4.78, 5) is 0. The van der Waals surface area contributed by atoms with E-state index in [-0.39, 0.29) is 0 Å². The van der Waals surface area contributed by atoms with Gasteiger partial charge < -0.3 is 10.3 Å². The fourth-order valence-corrected chi connectivity index (χ4v) is 2.27. The van der Waals surface area contributed by atoms with Gasteiger partial charge in [-0.1, -0.05) is 36.2 Å². The van der Waals surface area contributed by atoms with Crippen molar-refractivity contribution < 1.29 is 4.52 Å². The fourth-order valence-electron chi connectivity index (χ4n) is 2.27. The maximum absolute atomic E-state index is 5.87. The molecule has 0 radical (unpaired) electrons. The molecule has 2 rings (SSSR count). The van der Waals surface area contributed by atoms with Crippen LogP contribution in [-0.2, 0) is 6.42 Å². The molecule has 0 spiro atoms. The van der Waals surface area contributed by atoms with Gasteiger partial charge in [-0.05, 0) is 38.3 Å². The van der Waals surface area contributed by atoms with Gasteiger partial charge in [-0.25, -0.2) is 0 Å². The summed E-state index contributed by atoms with van der Waals surface area (Å²) in [6, 6.07) is 6.39. The monoisotopic (exact) mass is 244 g/mol. The quantitative estimate of drug-likeness (QED) is 0.894. The highest BCUT2D eigenvalue weighted by molar-refractivity contribution is 5.68. The van der Waals surface area contributed by atoms with Crippen LogP contribution in [0.1, 0.15) is 30.5 Å². The Morgan fingerprint density at radius 1 is 1.17 bits per heavy atom. The highest BCUT2D eigenvalue weighted by atomic mass is 16.5. The highest BCUT2D eigenvalue weighted by Gasteiger charge is 2.16. The van der Waals surface area contributed by atoms with Gasteiger partial charge in [-0.2, -0.15) is 0 Å². The summed E-state index contributed by atoms with van der Waals surface area (Å²) in [6.07, 6.45) is 0.887. The third-order valence-corrected chi connectivity index (χ3v) is 2.93. The van der Waals surface area contributed by atoms with Crippen molar-refractivity contribution in [1.29, 1.82) is 0 Å². The molecule has 18 heavy (non-hydrogen) atoms. The molecule has 1 aromatic carbocycles. The van der Waals surface area contributed by atoms with Crippen molar-refractivity contribution >= 4 is 5.88 Å². The molecule has 2 N–H and O–H groups in total. The first-order valence-corrected chi connectivity index (χ1v) is 6.30. The minimum Gasteiger partial charge on any atom is -0.367 e. The number of nitrogen functional groups attached to an aromatic ring is 1. The number of hydrogen-bond acceptors (Lipinski definition) is 3. The number of nitrogens with zero attached hydrogens (tertiary/aromatic N) is 1. The van der Waals surface area contributed by atoms with Crippen LogP contribution in [0, 0.1) is 19.8 Å². The summed E-state index contributed by atoms with van der Waals surface area (Å²) >= 11 is 0. The van der Waals surface area contributed by atoms with Gasteiger partial charge >= 0.3 is 0 Å². The fraction of sp³-hybridized carbons (Fsp3) is 0.400. The summed E-state index contributed by atoms with van der Waals surface area (Å²) < 4.78 is 5.16. The minimum atomic E-state index is 0.442. The lowest BCUT2D eigenvalue weighted by Crippen LogP contribution is -1.98. The predicted octanol–water partition coefficient (Wildman–Crippen LogP) is 3.74. The largest absolute Gasteiger partial charge is 0.367 e. The first-order chi connectivity index (χ1) is 8.47. The molecule has 0 aliphatic rings. The summed E-state index contributed by atoms with van der Waals surface area (Å²) in [5.74, 6) is 0.967. The van der Waals surface area contributed by atoms with E-state index in [9.17, 15) is 0 Å². The second-order valence-corrected chi connectivity index (χ2v) is 5.35. The van der Waals surface area contributed by atoms with Crippen LogP contribution in [0.2, 0.25) is 0 Å². The van der Waals surface area contributed by atoms with E-state index in [4.69, 9.17) is 10.3 Å². The van der Waals surface area contributed by atoms with E-state index in [0.717, 1.165) is 23.2 Å². The molecule has 0 amide bonds. The number of nitrogens with two attached hydrogens (primary N) is 1. The average molecular weight is 244 g/mol. The Bertz CT molecular complexity index is 535. The molecule has 0 saturated heterocycles. The Labute approximate surface area is 108 Å². The SMILES string of the molecule is Cc1cc(C)cc(-c2noc(N)c2CC(C)C)c1. The van der Waals surface area contributed by atoms with E-state index in [1.807, 2.05) is 0 Å². The van der Waals surface area contributed by atoms with Gasteiger partial charge in [0.1, 0.15) is 5.69 Å². The van der Waals surface area contributed by atoms with Gasteiger partial charge in [0.15, 0.2) is 0 Å². The Balaban J connectivity index is 2.50. The van der Waals surface area contributed by atoms with Crippen molar-refractivity contribution in [2.75, 3.05) is 5.73 Å². The lowest BCUT2D eigenvalue weighted by Gasteiger charge is -2.07. The van der Waals surface area contributed by atoms with E-state index in [1.54, 1.807) is 0 Å². The Morgan fingerprint density at radius 3 is 2.33 bits per heavy atom. The predicted molar refractivity (Wildman–Crippen MR) is 74.4 cm³/mol. The van der Waals surface area contributed by atoms with E-state index >= 15 is 0 Å². The van der Waals surface area contributed by atoms with Crippen molar-refractivity contribution in [1.82, 2.24) is 5.16 Å². The average Bonchev–Trinajstić information content (AvgIpc) is 2.58. The molecule has 96 valence electrons. The van der Waals surface area contributed by atoms with Crippen LogP contribution < -0.4 is 5.73 Å². The molecule has 3 heteroatoms.